The normalized spacial score (nSPS) is 18.3. The topological polar surface area (TPSA) is 113 Å². The smallest absolute Gasteiger partial charge is 0.266 e. The molecule has 2 aromatic heterocycles. The Bertz CT molecular complexity index is 930. The van der Waals surface area contributed by atoms with E-state index in [-0.39, 0.29) is 23.0 Å². The van der Waals surface area contributed by atoms with Crippen LogP contribution in [0.3, 0.4) is 0 Å². The Morgan fingerprint density at radius 3 is 2.73 bits per heavy atom. The Hall–Kier alpha value is -2.20. The average Bonchev–Trinajstić information content (AvgIpc) is 2.95. The highest BCUT2D eigenvalue weighted by molar-refractivity contribution is 7.89. The molecule has 0 saturated carbocycles. The molecule has 1 aliphatic rings. The number of piperidine rings is 1. The third-order valence-corrected chi connectivity index (χ3v) is 6.39. The summed E-state index contributed by atoms with van der Waals surface area (Å²) in [5, 5.41) is 11.0. The lowest BCUT2D eigenvalue weighted by molar-refractivity contribution is 0.446. The van der Waals surface area contributed by atoms with Crippen LogP contribution in [0.1, 0.15) is 30.7 Å². The molecule has 1 unspecified atom stereocenters. The van der Waals surface area contributed by atoms with Gasteiger partial charge in [-0.1, -0.05) is 0 Å². The molecular weight excluding hydrogens is 356 g/mol. The van der Waals surface area contributed by atoms with Crippen molar-refractivity contribution in [3.05, 3.63) is 33.9 Å². The van der Waals surface area contributed by atoms with E-state index in [0.717, 1.165) is 25.8 Å². The van der Waals surface area contributed by atoms with Crippen molar-refractivity contribution in [2.75, 3.05) is 18.0 Å². The van der Waals surface area contributed by atoms with Gasteiger partial charge in [0.05, 0.1) is 11.4 Å². The number of aromatic nitrogens is 4. The molecule has 3 heterocycles. The fraction of sp³-hybridized carbons (Fsp3) is 0.562. The summed E-state index contributed by atoms with van der Waals surface area (Å²) in [5.74, 6) is 0.687. The monoisotopic (exact) mass is 380 g/mol. The second-order valence-electron chi connectivity index (χ2n) is 6.61. The van der Waals surface area contributed by atoms with Crippen molar-refractivity contribution in [2.24, 2.45) is 7.05 Å². The Kier molecular flexibility index (Phi) is 5.15. The zero-order valence-electron chi connectivity index (χ0n) is 15.2. The van der Waals surface area contributed by atoms with E-state index < -0.39 is 10.0 Å². The minimum atomic E-state index is -3.64. The van der Waals surface area contributed by atoms with Crippen molar-refractivity contribution in [3.63, 3.8) is 0 Å². The van der Waals surface area contributed by atoms with Crippen molar-refractivity contribution in [3.8, 4) is 0 Å². The van der Waals surface area contributed by atoms with Gasteiger partial charge in [-0.15, -0.1) is 0 Å². The third-order valence-electron chi connectivity index (χ3n) is 4.71. The maximum atomic E-state index is 12.7. The molecule has 10 heteroatoms. The van der Waals surface area contributed by atoms with Crippen molar-refractivity contribution in [1.29, 1.82) is 0 Å². The molecule has 0 radical (unpaired) electrons. The van der Waals surface area contributed by atoms with E-state index in [2.05, 4.69) is 24.9 Å². The number of nitrogens with one attached hydrogen (secondary N) is 2. The van der Waals surface area contributed by atoms with Gasteiger partial charge in [0.2, 0.25) is 10.0 Å². The average molecular weight is 380 g/mol. The highest BCUT2D eigenvalue weighted by Gasteiger charge is 2.28. The van der Waals surface area contributed by atoms with Crippen molar-refractivity contribution in [2.45, 2.75) is 44.0 Å². The first kappa shape index (κ1) is 18.6. The van der Waals surface area contributed by atoms with Crippen LogP contribution < -0.4 is 15.2 Å². The molecular formula is C16H24N6O3S. The molecule has 1 aliphatic heterocycles. The lowest BCUT2D eigenvalue weighted by Crippen LogP contribution is -2.47. The maximum Gasteiger partial charge on any atom is 0.266 e. The first-order valence-corrected chi connectivity index (χ1v) is 10.1. The minimum absolute atomic E-state index is 0.0176. The van der Waals surface area contributed by atoms with Gasteiger partial charge < -0.3 is 4.90 Å². The number of hydrogen-bond acceptors (Lipinski definition) is 6. The van der Waals surface area contributed by atoms with E-state index in [9.17, 15) is 13.2 Å². The van der Waals surface area contributed by atoms with Crippen LogP contribution in [0.2, 0.25) is 0 Å². The van der Waals surface area contributed by atoms with Crippen LogP contribution in [0.5, 0.6) is 0 Å². The van der Waals surface area contributed by atoms with Crippen LogP contribution >= 0.6 is 0 Å². The zero-order valence-corrected chi connectivity index (χ0v) is 16.0. The summed E-state index contributed by atoms with van der Waals surface area (Å²) in [5.41, 5.74) is 0.805. The van der Waals surface area contributed by atoms with Crippen molar-refractivity contribution in [1.82, 2.24) is 24.7 Å². The van der Waals surface area contributed by atoms with Gasteiger partial charge in [0.25, 0.3) is 5.56 Å². The van der Waals surface area contributed by atoms with E-state index in [0.29, 0.717) is 17.2 Å². The molecule has 26 heavy (non-hydrogen) atoms. The van der Waals surface area contributed by atoms with E-state index in [1.165, 1.54) is 10.7 Å². The summed E-state index contributed by atoms with van der Waals surface area (Å²) in [4.78, 5) is 13.8. The summed E-state index contributed by atoms with van der Waals surface area (Å²) in [6, 6.07) is 3.16. The van der Waals surface area contributed by atoms with Gasteiger partial charge in [-0.05, 0) is 39.2 Å². The number of rotatable bonds is 5. The summed E-state index contributed by atoms with van der Waals surface area (Å²) < 4.78 is 29.3. The number of H-pyrrole nitrogens is 1. The molecule has 0 aromatic carbocycles. The molecule has 9 nitrogen and oxygen atoms in total. The largest absolute Gasteiger partial charge is 0.351 e. The molecule has 1 saturated heterocycles. The van der Waals surface area contributed by atoms with Crippen LogP contribution in [0.15, 0.2) is 21.8 Å². The summed E-state index contributed by atoms with van der Waals surface area (Å²) in [7, 11) is -2.04. The SMILES string of the molecule is Cc1n[nH]c(C)c1S(=O)(=O)NCC1CCCCN1c1ccc(=O)n(C)n1. The highest BCUT2D eigenvalue weighted by atomic mass is 32.2. The van der Waals surface area contributed by atoms with Gasteiger partial charge in [-0.2, -0.15) is 10.2 Å². The Labute approximate surface area is 152 Å². The predicted octanol–water partition coefficient (Wildman–Crippen LogP) is 0.458. The second kappa shape index (κ2) is 7.20. The first-order chi connectivity index (χ1) is 12.3. The van der Waals surface area contributed by atoms with Gasteiger partial charge >= 0.3 is 0 Å². The summed E-state index contributed by atoms with van der Waals surface area (Å²) >= 11 is 0. The van der Waals surface area contributed by atoms with Crippen molar-refractivity contribution < 1.29 is 8.42 Å². The van der Waals surface area contributed by atoms with Gasteiger partial charge in [-0.3, -0.25) is 9.89 Å². The lowest BCUT2D eigenvalue weighted by atomic mass is 10.0. The van der Waals surface area contributed by atoms with E-state index in [1.54, 1.807) is 27.0 Å². The van der Waals surface area contributed by atoms with Crippen molar-refractivity contribution >= 4 is 15.8 Å². The Balaban J connectivity index is 1.79. The van der Waals surface area contributed by atoms with Crippen LogP contribution in [-0.2, 0) is 17.1 Å². The molecule has 0 aliphatic carbocycles. The number of aryl methyl sites for hydroxylation is 3. The predicted molar refractivity (Wildman–Crippen MR) is 97.7 cm³/mol. The van der Waals surface area contributed by atoms with E-state index >= 15 is 0 Å². The number of sulfonamides is 1. The molecule has 2 N–H and O–H groups in total. The Morgan fingerprint density at radius 2 is 2.08 bits per heavy atom. The molecule has 2 aromatic rings. The molecule has 0 bridgehead atoms. The summed E-state index contributed by atoms with van der Waals surface area (Å²) in [6.07, 6.45) is 2.89. The highest BCUT2D eigenvalue weighted by Crippen LogP contribution is 2.23. The molecule has 0 spiro atoms. The van der Waals surface area contributed by atoms with Gasteiger partial charge in [0.1, 0.15) is 10.7 Å². The van der Waals surface area contributed by atoms with Gasteiger partial charge in [0.15, 0.2) is 0 Å². The lowest BCUT2D eigenvalue weighted by Gasteiger charge is -2.36. The van der Waals surface area contributed by atoms with Crippen LogP contribution in [0, 0.1) is 13.8 Å². The zero-order chi connectivity index (χ0) is 18.9. The quantitative estimate of drug-likeness (QED) is 0.779. The minimum Gasteiger partial charge on any atom is -0.351 e. The molecule has 1 fully saturated rings. The molecule has 0 amide bonds. The van der Waals surface area contributed by atoms with Gasteiger partial charge in [-0.25, -0.2) is 17.8 Å². The van der Waals surface area contributed by atoms with Crippen LogP contribution in [-0.4, -0.2) is 47.5 Å². The number of aromatic amines is 1. The van der Waals surface area contributed by atoms with Crippen LogP contribution in [0.25, 0.3) is 0 Å². The molecule has 3 rings (SSSR count). The van der Waals surface area contributed by atoms with E-state index in [1.807, 2.05) is 0 Å². The summed E-state index contributed by atoms with van der Waals surface area (Å²) in [6.45, 7) is 4.41. The molecule has 1 atom stereocenters. The molecule has 142 valence electrons. The Morgan fingerprint density at radius 1 is 1.31 bits per heavy atom. The number of hydrogen-bond donors (Lipinski definition) is 2. The maximum absolute atomic E-state index is 12.7. The first-order valence-electron chi connectivity index (χ1n) is 8.62. The van der Waals surface area contributed by atoms with E-state index in [4.69, 9.17) is 0 Å². The fourth-order valence-corrected chi connectivity index (χ4v) is 4.81. The number of nitrogens with zero attached hydrogens (tertiary/aromatic N) is 4. The fourth-order valence-electron chi connectivity index (χ4n) is 3.37. The van der Waals surface area contributed by atoms with Gasteiger partial charge in [0, 0.05) is 32.2 Å². The van der Waals surface area contributed by atoms with Crippen LogP contribution in [0.4, 0.5) is 5.82 Å². The second-order valence-corrected chi connectivity index (χ2v) is 8.32. The third kappa shape index (κ3) is 3.65. The standard InChI is InChI=1S/C16H24N6O3S/c1-11-16(12(2)19-18-11)26(24,25)17-10-13-6-4-5-9-22(13)14-7-8-15(23)21(3)20-14/h7-8,13,17H,4-6,9-10H2,1-3H3,(H,18,19). The number of anilines is 1.